The molecule has 2 unspecified atom stereocenters. The third kappa shape index (κ3) is 3.74. The molecule has 1 saturated heterocycles. The van der Waals surface area contributed by atoms with Crippen molar-refractivity contribution in [3.63, 3.8) is 0 Å². The number of piperidine rings is 1. The second-order valence-electron chi connectivity index (χ2n) is 7.96. The van der Waals surface area contributed by atoms with E-state index in [1.54, 1.807) is 30.5 Å². The molecule has 2 atom stereocenters. The van der Waals surface area contributed by atoms with Gasteiger partial charge in [-0.05, 0) is 35.9 Å². The minimum atomic E-state index is -0.778. The number of anilines is 2. The Hall–Kier alpha value is -3.97. The lowest BCUT2D eigenvalue weighted by Crippen LogP contribution is -2.47. The van der Waals surface area contributed by atoms with E-state index < -0.39 is 5.92 Å². The van der Waals surface area contributed by atoms with Crippen molar-refractivity contribution in [2.75, 3.05) is 23.7 Å². The summed E-state index contributed by atoms with van der Waals surface area (Å²) in [6.45, 7) is 0.826. The molecule has 7 nitrogen and oxygen atoms in total. The standard InChI is InChI=1S/C25H22N4O3/c30-23-20(15-5-2-1-3-6-15)13-26-14-21(23)25(32)28-17-8-9-18-19(11-16-7-4-10-27-16)24(31)29-22(18)12-17/h1-12,20-21,26-27H,13-14H2,(H,28,32)(H,29,31)/b19-11-. The average Bonchev–Trinajstić information content (AvgIpc) is 3.42. The zero-order valence-electron chi connectivity index (χ0n) is 17.2. The zero-order chi connectivity index (χ0) is 22.1. The van der Waals surface area contributed by atoms with Crippen molar-refractivity contribution < 1.29 is 14.4 Å². The second-order valence-corrected chi connectivity index (χ2v) is 7.96. The van der Waals surface area contributed by atoms with Gasteiger partial charge < -0.3 is 20.9 Å². The number of ketones is 1. The zero-order valence-corrected chi connectivity index (χ0v) is 17.2. The number of Topliss-reactive ketones (excluding diaryl/α,β-unsaturated/α-hetero) is 1. The molecule has 0 radical (unpaired) electrons. The Bertz CT molecular complexity index is 1220. The predicted octanol–water partition coefficient (Wildman–Crippen LogP) is 3.02. The Labute approximate surface area is 184 Å². The Morgan fingerprint density at radius 3 is 2.62 bits per heavy atom. The fourth-order valence-corrected chi connectivity index (χ4v) is 4.24. The summed E-state index contributed by atoms with van der Waals surface area (Å²) in [5, 5.41) is 8.89. The van der Waals surface area contributed by atoms with Gasteiger partial charge in [-0.1, -0.05) is 36.4 Å². The quantitative estimate of drug-likeness (QED) is 0.380. The van der Waals surface area contributed by atoms with Gasteiger partial charge in [0.1, 0.15) is 5.92 Å². The second kappa shape index (κ2) is 8.28. The summed E-state index contributed by atoms with van der Waals surface area (Å²) in [6.07, 6.45) is 3.58. The third-order valence-electron chi connectivity index (χ3n) is 5.89. The Kier molecular flexibility index (Phi) is 5.17. The van der Waals surface area contributed by atoms with E-state index in [9.17, 15) is 14.4 Å². The van der Waals surface area contributed by atoms with E-state index in [0.29, 0.717) is 30.0 Å². The molecule has 2 aliphatic rings. The van der Waals surface area contributed by atoms with Gasteiger partial charge in [0.25, 0.3) is 5.91 Å². The number of carbonyl (C=O) groups is 3. The van der Waals surface area contributed by atoms with E-state index in [-0.39, 0.29) is 23.5 Å². The van der Waals surface area contributed by atoms with Crippen molar-refractivity contribution in [1.29, 1.82) is 0 Å². The fraction of sp³-hybridized carbons (Fsp3) is 0.160. The molecule has 160 valence electrons. The van der Waals surface area contributed by atoms with Gasteiger partial charge >= 0.3 is 0 Å². The molecule has 2 aliphatic heterocycles. The summed E-state index contributed by atoms with van der Waals surface area (Å²) in [6, 6.07) is 18.5. The van der Waals surface area contributed by atoms with E-state index in [1.165, 1.54) is 0 Å². The first-order chi connectivity index (χ1) is 15.6. The summed E-state index contributed by atoms with van der Waals surface area (Å²) in [5.41, 5.74) is 4.21. The number of benzene rings is 2. The van der Waals surface area contributed by atoms with E-state index in [4.69, 9.17) is 0 Å². The number of rotatable bonds is 4. The first kappa shape index (κ1) is 20.0. The van der Waals surface area contributed by atoms with Crippen LogP contribution in [0.4, 0.5) is 11.4 Å². The smallest absolute Gasteiger partial charge is 0.256 e. The number of nitrogens with one attached hydrogen (secondary N) is 4. The first-order valence-electron chi connectivity index (χ1n) is 10.5. The Morgan fingerprint density at radius 1 is 1.00 bits per heavy atom. The number of carbonyl (C=O) groups excluding carboxylic acids is 3. The van der Waals surface area contributed by atoms with Gasteiger partial charge in [-0.3, -0.25) is 14.4 Å². The molecule has 0 saturated carbocycles. The molecule has 4 N–H and O–H groups in total. The van der Waals surface area contributed by atoms with Crippen LogP contribution in [-0.2, 0) is 14.4 Å². The third-order valence-corrected chi connectivity index (χ3v) is 5.89. The number of aromatic amines is 1. The molecule has 2 aromatic carbocycles. The largest absolute Gasteiger partial charge is 0.362 e. The van der Waals surface area contributed by atoms with Crippen LogP contribution in [0.1, 0.15) is 22.7 Å². The van der Waals surface area contributed by atoms with E-state index in [0.717, 1.165) is 16.8 Å². The molecule has 5 rings (SSSR count). The monoisotopic (exact) mass is 426 g/mol. The fourth-order valence-electron chi connectivity index (χ4n) is 4.24. The molecule has 3 heterocycles. The molecule has 1 aromatic heterocycles. The molecule has 0 aliphatic carbocycles. The summed E-state index contributed by atoms with van der Waals surface area (Å²) < 4.78 is 0. The number of hydrogen-bond donors (Lipinski definition) is 4. The minimum absolute atomic E-state index is 0.0851. The van der Waals surface area contributed by atoms with Crippen molar-refractivity contribution in [3.8, 4) is 0 Å². The van der Waals surface area contributed by atoms with Crippen LogP contribution in [0.25, 0.3) is 11.6 Å². The number of fused-ring (bicyclic) bond motifs is 1. The SMILES string of the molecule is O=C1Nc2cc(NC(=O)C3CNCC(c4ccccc4)C3=O)ccc2/C1=C/c1ccc[nH]1. The number of aromatic nitrogens is 1. The maximum absolute atomic E-state index is 13.0. The van der Waals surface area contributed by atoms with Gasteiger partial charge in [-0.15, -0.1) is 0 Å². The van der Waals surface area contributed by atoms with Crippen molar-refractivity contribution in [2.45, 2.75) is 5.92 Å². The molecule has 1 fully saturated rings. The summed E-state index contributed by atoms with van der Waals surface area (Å²) in [4.78, 5) is 41.4. The average molecular weight is 426 g/mol. The summed E-state index contributed by atoms with van der Waals surface area (Å²) in [7, 11) is 0. The van der Waals surface area contributed by atoms with E-state index in [2.05, 4.69) is 20.9 Å². The lowest BCUT2D eigenvalue weighted by molar-refractivity contribution is -0.133. The molecule has 7 heteroatoms. The lowest BCUT2D eigenvalue weighted by Gasteiger charge is -2.28. The van der Waals surface area contributed by atoms with Gasteiger partial charge in [-0.2, -0.15) is 0 Å². The normalized spacial score (nSPS) is 21.3. The van der Waals surface area contributed by atoms with Crippen LogP contribution < -0.4 is 16.0 Å². The highest BCUT2D eigenvalue weighted by Crippen LogP contribution is 2.35. The van der Waals surface area contributed by atoms with Crippen molar-refractivity contribution in [3.05, 3.63) is 83.7 Å². The number of hydrogen-bond acceptors (Lipinski definition) is 4. The molecule has 0 bridgehead atoms. The van der Waals surface area contributed by atoms with Crippen molar-refractivity contribution in [2.24, 2.45) is 5.92 Å². The predicted molar refractivity (Wildman–Crippen MR) is 123 cm³/mol. The van der Waals surface area contributed by atoms with Crippen LogP contribution >= 0.6 is 0 Å². The molecular weight excluding hydrogens is 404 g/mol. The van der Waals surface area contributed by atoms with Crippen LogP contribution in [0, 0.1) is 5.92 Å². The highest BCUT2D eigenvalue weighted by Gasteiger charge is 2.36. The molecule has 2 amide bonds. The van der Waals surface area contributed by atoms with Crippen molar-refractivity contribution in [1.82, 2.24) is 10.3 Å². The highest BCUT2D eigenvalue weighted by atomic mass is 16.2. The Morgan fingerprint density at radius 2 is 1.84 bits per heavy atom. The topological polar surface area (TPSA) is 103 Å². The summed E-state index contributed by atoms with van der Waals surface area (Å²) >= 11 is 0. The molecule has 32 heavy (non-hydrogen) atoms. The van der Waals surface area contributed by atoms with Gasteiger partial charge in [-0.25, -0.2) is 0 Å². The van der Waals surface area contributed by atoms with Gasteiger partial charge in [0.05, 0.1) is 17.2 Å². The first-order valence-corrected chi connectivity index (χ1v) is 10.5. The van der Waals surface area contributed by atoms with Gasteiger partial charge in [0.15, 0.2) is 5.78 Å². The molecule has 3 aromatic rings. The van der Waals surface area contributed by atoms with Crippen LogP contribution in [0.15, 0.2) is 66.9 Å². The van der Waals surface area contributed by atoms with Crippen LogP contribution in [-0.4, -0.2) is 35.7 Å². The molecular formula is C25H22N4O3. The lowest BCUT2D eigenvalue weighted by atomic mass is 9.83. The van der Waals surface area contributed by atoms with Crippen LogP contribution in [0.5, 0.6) is 0 Å². The van der Waals surface area contributed by atoms with E-state index >= 15 is 0 Å². The van der Waals surface area contributed by atoms with E-state index in [1.807, 2.05) is 42.5 Å². The summed E-state index contributed by atoms with van der Waals surface area (Å²) in [5.74, 6) is -1.76. The van der Waals surface area contributed by atoms with Crippen LogP contribution in [0.3, 0.4) is 0 Å². The Balaban J connectivity index is 1.33. The number of H-pyrrole nitrogens is 1. The van der Waals surface area contributed by atoms with Gasteiger partial charge in [0, 0.05) is 36.2 Å². The molecule has 0 spiro atoms. The highest BCUT2D eigenvalue weighted by molar-refractivity contribution is 6.35. The van der Waals surface area contributed by atoms with Gasteiger partial charge in [0.2, 0.25) is 5.91 Å². The van der Waals surface area contributed by atoms with Crippen LogP contribution in [0.2, 0.25) is 0 Å². The maximum atomic E-state index is 13.0. The maximum Gasteiger partial charge on any atom is 0.256 e. The van der Waals surface area contributed by atoms with Crippen molar-refractivity contribution >= 4 is 40.6 Å². The number of amides is 2. The minimum Gasteiger partial charge on any atom is -0.362 e.